The van der Waals surface area contributed by atoms with Gasteiger partial charge in [0.15, 0.2) is 0 Å². The molecule has 2 N–H and O–H groups in total. The number of hydrogen-bond donors (Lipinski definition) is 2. The Balaban J connectivity index is 2.23. The molecule has 0 fully saturated rings. The van der Waals surface area contributed by atoms with E-state index in [1.165, 1.54) is 6.07 Å². The van der Waals surface area contributed by atoms with Crippen LogP contribution in [0.4, 0.5) is 5.82 Å². The number of anilines is 1. The lowest BCUT2D eigenvalue weighted by atomic mass is 10.2. The van der Waals surface area contributed by atoms with Crippen LogP contribution in [0.3, 0.4) is 0 Å². The molecule has 0 unspecified atom stereocenters. The van der Waals surface area contributed by atoms with Gasteiger partial charge in [0.05, 0.1) is 5.56 Å². The molecule has 5 heteroatoms. The molecule has 0 saturated heterocycles. The van der Waals surface area contributed by atoms with Gasteiger partial charge in [0.1, 0.15) is 11.6 Å². The van der Waals surface area contributed by atoms with E-state index in [0.717, 1.165) is 3.57 Å². The third-order valence-electron chi connectivity index (χ3n) is 2.11. The summed E-state index contributed by atoms with van der Waals surface area (Å²) in [5.41, 5.74) is 0.238. The van der Waals surface area contributed by atoms with Crippen molar-refractivity contribution in [3.8, 4) is 5.75 Å². The van der Waals surface area contributed by atoms with Crippen molar-refractivity contribution >= 4 is 34.3 Å². The zero-order valence-electron chi connectivity index (χ0n) is 8.72. The van der Waals surface area contributed by atoms with E-state index in [9.17, 15) is 9.90 Å². The molecule has 86 valence electrons. The minimum Gasteiger partial charge on any atom is -0.507 e. The molecule has 0 atom stereocenters. The Morgan fingerprint density at radius 1 is 1.29 bits per heavy atom. The highest BCUT2D eigenvalue weighted by atomic mass is 127. The zero-order chi connectivity index (χ0) is 12.3. The van der Waals surface area contributed by atoms with Gasteiger partial charge in [0, 0.05) is 9.77 Å². The van der Waals surface area contributed by atoms with Crippen molar-refractivity contribution < 1.29 is 9.90 Å². The van der Waals surface area contributed by atoms with Gasteiger partial charge in [-0.25, -0.2) is 4.98 Å². The molecule has 2 rings (SSSR count). The number of phenolic OH excluding ortho intramolecular Hbond substituents is 1. The topological polar surface area (TPSA) is 62.2 Å². The van der Waals surface area contributed by atoms with E-state index in [-0.39, 0.29) is 17.2 Å². The fraction of sp³-hybridized carbons (Fsp3) is 0. The summed E-state index contributed by atoms with van der Waals surface area (Å²) in [6, 6.07) is 10.1. The van der Waals surface area contributed by atoms with Crippen LogP contribution in [-0.2, 0) is 0 Å². The molecule has 0 bridgehead atoms. The fourth-order valence-electron chi connectivity index (χ4n) is 1.31. The highest BCUT2D eigenvalue weighted by Gasteiger charge is 2.11. The van der Waals surface area contributed by atoms with Crippen molar-refractivity contribution in [3.63, 3.8) is 0 Å². The van der Waals surface area contributed by atoms with Crippen molar-refractivity contribution in [2.24, 2.45) is 0 Å². The van der Waals surface area contributed by atoms with Crippen molar-refractivity contribution in [1.82, 2.24) is 4.98 Å². The van der Waals surface area contributed by atoms with Crippen LogP contribution in [-0.4, -0.2) is 16.0 Å². The van der Waals surface area contributed by atoms with E-state index in [0.29, 0.717) is 5.82 Å². The van der Waals surface area contributed by atoms with Crippen LogP contribution in [0, 0.1) is 3.57 Å². The molecule has 1 amide bonds. The summed E-state index contributed by atoms with van der Waals surface area (Å²) in [5, 5.41) is 12.2. The fourth-order valence-corrected chi connectivity index (χ4v) is 1.80. The molecule has 1 aromatic carbocycles. The maximum atomic E-state index is 11.9. The average Bonchev–Trinajstić information content (AvgIpc) is 2.33. The lowest BCUT2D eigenvalue weighted by Crippen LogP contribution is -2.13. The van der Waals surface area contributed by atoms with Gasteiger partial charge >= 0.3 is 0 Å². The van der Waals surface area contributed by atoms with Crippen LogP contribution in [0.2, 0.25) is 0 Å². The number of aromatic hydroxyl groups is 1. The molecule has 0 aliphatic carbocycles. The Morgan fingerprint density at radius 2 is 2.12 bits per heavy atom. The summed E-state index contributed by atoms with van der Waals surface area (Å²) in [5.74, 6) is 0.0364. The van der Waals surface area contributed by atoms with E-state index >= 15 is 0 Å². The van der Waals surface area contributed by atoms with Crippen LogP contribution >= 0.6 is 22.6 Å². The van der Waals surface area contributed by atoms with E-state index < -0.39 is 0 Å². The molecule has 2 aromatic rings. The Bertz CT molecular complexity index is 543. The second kappa shape index (κ2) is 5.13. The molecule has 1 heterocycles. The highest BCUT2D eigenvalue weighted by molar-refractivity contribution is 14.1. The van der Waals surface area contributed by atoms with Crippen LogP contribution in [0.1, 0.15) is 10.4 Å². The number of aromatic nitrogens is 1. The largest absolute Gasteiger partial charge is 0.507 e. The van der Waals surface area contributed by atoms with E-state index in [1.54, 1.807) is 36.5 Å². The van der Waals surface area contributed by atoms with Crippen molar-refractivity contribution in [2.45, 2.75) is 0 Å². The van der Waals surface area contributed by atoms with Gasteiger partial charge in [-0.2, -0.15) is 0 Å². The van der Waals surface area contributed by atoms with Crippen molar-refractivity contribution in [2.75, 3.05) is 5.32 Å². The maximum Gasteiger partial charge on any atom is 0.260 e. The lowest BCUT2D eigenvalue weighted by Gasteiger charge is -2.06. The van der Waals surface area contributed by atoms with Gasteiger partial charge in [-0.1, -0.05) is 6.07 Å². The quantitative estimate of drug-likeness (QED) is 0.827. The number of halogens is 1. The summed E-state index contributed by atoms with van der Waals surface area (Å²) < 4.78 is 0.881. The second-order valence-electron chi connectivity index (χ2n) is 3.33. The molecular formula is C12H9IN2O2. The Kier molecular flexibility index (Phi) is 3.58. The Morgan fingerprint density at radius 3 is 2.82 bits per heavy atom. The highest BCUT2D eigenvalue weighted by Crippen LogP contribution is 2.20. The minimum absolute atomic E-state index is 0.0427. The Labute approximate surface area is 112 Å². The van der Waals surface area contributed by atoms with Gasteiger partial charge in [0.2, 0.25) is 0 Å². The lowest BCUT2D eigenvalue weighted by molar-refractivity contribution is 0.102. The maximum absolute atomic E-state index is 11.9. The van der Waals surface area contributed by atoms with Gasteiger partial charge < -0.3 is 10.4 Å². The number of rotatable bonds is 2. The third-order valence-corrected chi connectivity index (χ3v) is 2.78. The predicted molar refractivity (Wildman–Crippen MR) is 73.0 cm³/mol. The number of phenols is 1. The number of pyridine rings is 1. The smallest absolute Gasteiger partial charge is 0.260 e. The SMILES string of the molecule is O=C(Nc1ccccn1)c1cc(I)ccc1O. The first-order chi connectivity index (χ1) is 8.16. The van der Waals surface area contributed by atoms with E-state index in [2.05, 4.69) is 32.9 Å². The van der Waals surface area contributed by atoms with Crippen molar-refractivity contribution in [1.29, 1.82) is 0 Å². The second-order valence-corrected chi connectivity index (χ2v) is 4.58. The van der Waals surface area contributed by atoms with Gasteiger partial charge in [-0.3, -0.25) is 4.79 Å². The van der Waals surface area contributed by atoms with Crippen LogP contribution in [0.15, 0.2) is 42.6 Å². The van der Waals surface area contributed by atoms with Crippen LogP contribution < -0.4 is 5.32 Å². The molecule has 0 aliphatic heterocycles. The summed E-state index contributed by atoms with van der Waals surface area (Å²) in [7, 11) is 0. The van der Waals surface area contributed by atoms with Gasteiger partial charge in [-0.15, -0.1) is 0 Å². The minimum atomic E-state index is -0.375. The van der Waals surface area contributed by atoms with Gasteiger partial charge in [-0.05, 0) is 52.9 Å². The van der Waals surface area contributed by atoms with E-state index in [1.807, 2.05) is 0 Å². The first kappa shape index (κ1) is 11.8. The molecule has 1 aromatic heterocycles. The molecule has 17 heavy (non-hydrogen) atoms. The normalized spacial score (nSPS) is 9.94. The molecule has 0 spiro atoms. The van der Waals surface area contributed by atoms with E-state index in [4.69, 9.17) is 0 Å². The number of hydrogen-bond acceptors (Lipinski definition) is 3. The Hall–Kier alpha value is -1.63. The van der Waals surface area contributed by atoms with Gasteiger partial charge in [0.25, 0.3) is 5.91 Å². The number of carbonyl (C=O) groups is 1. The number of nitrogens with zero attached hydrogens (tertiary/aromatic N) is 1. The van der Waals surface area contributed by atoms with Crippen LogP contribution in [0.25, 0.3) is 0 Å². The van der Waals surface area contributed by atoms with Crippen LogP contribution in [0.5, 0.6) is 5.75 Å². The summed E-state index contributed by atoms with van der Waals surface area (Å²) >= 11 is 2.08. The molecular weight excluding hydrogens is 331 g/mol. The summed E-state index contributed by atoms with van der Waals surface area (Å²) in [6.45, 7) is 0. The average molecular weight is 340 g/mol. The predicted octanol–water partition coefficient (Wildman–Crippen LogP) is 2.64. The molecule has 0 aliphatic rings. The monoisotopic (exact) mass is 340 g/mol. The van der Waals surface area contributed by atoms with Crippen molar-refractivity contribution in [3.05, 3.63) is 51.7 Å². The standard InChI is InChI=1S/C12H9IN2O2/c13-8-4-5-10(16)9(7-8)12(17)15-11-3-1-2-6-14-11/h1-7,16H,(H,14,15,17). The molecule has 0 radical (unpaired) electrons. The number of carbonyl (C=O) groups excluding carboxylic acids is 1. The molecule has 4 nitrogen and oxygen atoms in total. The zero-order valence-corrected chi connectivity index (χ0v) is 10.9. The number of benzene rings is 1. The number of nitrogens with one attached hydrogen (secondary N) is 1. The first-order valence-electron chi connectivity index (χ1n) is 4.88. The third kappa shape index (κ3) is 2.94. The number of amides is 1. The first-order valence-corrected chi connectivity index (χ1v) is 5.95. The summed E-state index contributed by atoms with van der Waals surface area (Å²) in [4.78, 5) is 15.9. The summed E-state index contributed by atoms with van der Waals surface area (Å²) in [6.07, 6.45) is 1.59. The molecule has 0 saturated carbocycles.